The van der Waals surface area contributed by atoms with Crippen LogP contribution in [0.4, 0.5) is 0 Å². The van der Waals surface area contributed by atoms with Gasteiger partial charge >= 0.3 is 0 Å². The molecule has 2 heterocycles. The lowest BCUT2D eigenvalue weighted by atomic mass is 10.00. The van der Waals surface area contributed by atoms with E-state index in [1.54, 1.807) is 30.3 Å². The Hall–Kier alpha value is -1.13. The fraction of sp³-hybridized carbons (Fsp3) is 0.538. The molecule has 5 heteroatoms. The van der Waals surface area contributed by atoms with E-state index in [1.165, 1.54) is 0 Å². The largest absolute Gasteiger partial charge is 0.381 e. The highest BCUT2D eigenvalue weighted by Crippen LogP contribution is 2.18. The molecule has 0 saturated carbocycles. The number of halogens is 1. The Bertz CT molecular complexity index is 419. The second kappa shape index (κ2) is 6.16. The Morgan fingerprint density at radius 2 is 2.28 bits per heavy atom. The van der Waals surface area contributed by atoms with E-state index in [0.29, 0.717) is 11.5 Å². The Morgan fingerprint density at radius 1 is 1.56 bits per heavy atom. The molecule has 4 nitrogen and oxygen atoms in total. The third kappa shape index (κ3) is 3.21. The monoisotopic (exact) mass is 268 g/mol. The number of rotatable bonds is 3. The minimum atomic E-state index is -0.0698. The normalized spacial score (nSPS) is 16.6. The van der Waals surface area contributed by atoms with Crippen LogP contribution in [0.2, 0.25) is 5.15 Å². The molecule has 1 aromatic rings. The first-order valence-corrected chi connectivity index (χ1v) is 6.50. The Kier molecular flexibility index (Phi) is 4.55. The molecule has 0 radical (unpaired) electrons. The lowest BCUT2D eigenvalue weighted by Gasteiger charge is -2.27. The highest BCUT2D eigenvalue weighted by molar-refractivity contribution is 6.32. The molecular formula is C13H17ClN2O2. The van der Waals surface area contributed by atoms with Crippen molar-refractivity contribution in [2.75, 3.05) is 26.8 Å². The lowest BCUT2D eigenvalue weighted by molar-refractivity contribution is 0.0497. The summed E-state index contributed by atoms with van der Waals surface area (Å²) in [7, 11) is 1.81. The number of ether oxygens (including phenoxy) is 1. The third-order valence-corrected chi connectivity index (χ3v) is 3.51. The molecule has 0 aliphatic carbocycles. The van der Waals surface area contributed by atoms with Crippen molar-refractivity contribution in [3.8, 4) is 0 Å². The van der Waals surface area contributed by atoms with Crippen LogP contribution in [0.5, 0.6) is 0 Å². The first kappa shape index (κ1) is 13.3. The fourth-order valence-corrected chi connectivity index (χ4v) is 2.35. The van der Waals surface area contributed by atoms with E-state index < -0.39 is 0 Å². The van der Waals surface area contributed by atoms with Gasteiger partial charge in [-0.05, 0) is 30.9 Å². The molecule has 1 aliphatic heterocycles. The van der Waals surface area contributed by atoms with Gasteiger partial charge in [-0.15, -0.1) is 0 Å². The Morgan fingerprint density at radius 3 is 2.94 bits per heavy atom. The number of nitrogens with zero attached hydrogens (tertiary/aromatic N) is 2. The summed E-state index contributed by atoms with van der Waals surface area (Å²) in [6.07, 6.45) is 3.61. The van der Waals surface area contributed by atoms with Gasteiger partial charge in [0, 0.05) is 33.0 Å². The van der Waals surface area contributed by atoms with Crippen molar-refractivity contribution in [3.63, 3.8) is 0 Å². The summed E-state index contributed by atoms with van der Waals surface area (Å²) in [5, 5.41) is 0.265. The van der Waals surface area contributed by atoms with Crippen LogP contribution in [0.3, 0.4) is 0 Å². The number of pyridine rings is 1. The fourth-order valence-electron chi connectivity index (χ4n) is 2.15. The van der Waals surface area contributed by atoms with Crippen molar-refractivity contribution in [1.29, 1.82) is 0 Å². The summed E-state index contributed by atoms with van der Waals surface area (Å²) in [5.74, 6) is 0.447. The number of hydrogen-bond acceptors (Lipinski definition) is 3. The second-order valence-electron chi connectivity index (χ2n) is 4.58. The maximum absolute atomic E-state index is 12.2. The van der Waals surface area contributed by atoms with E-state index in [1.807, 2.05) is 0 Å². The van der Waals surface area contributed by atoms with Gasteiger partial charge in [0.05, 0.1) is 5.56 Å². The van der Waals surface area contributed by atoms with E-state index in [2.05, 4.69) is 4.98 Å². The number of aromatic nitrogens is 1. The molecule has 18 heavy (non-hydrogen) atoms. The first-order chi connectivity index (χ1) is 8.68. The first-order valence-electron chi connectivity index (χ1n) is 6.12. The molecule has 0 bridgehead atoms. The number of carbonyl (C=O) groups is 1. The average Bonchev–Trinajstić information content (AvgIpc) is 2.39. The van der Waals surface area contributed by atoms with Crippen molar-refractivity contribution in [2.45, 2.75) is 12.8 Å². The van der Waals surface area contributed by atoms with Crippen LogP contribution in [0.15, 0.2) is 18.3 Å². The van der Waals surface area contributed by atoms with E-state index >= 15 is 0 Å². The molecule has 0 atom stereocenters. The molecule has 0 aromatic carbocycles. The SMILES string of the molecule is CN(CC1CCOCC1)C(=O)c1cccnc1Cl. The van der Waals surface area contributed by atoms with Crippen LogP contribution in [0.25, 0.3) is 0 Å². The quantitative estimate of drug-likeness (QED) is 0.790. The molecule has 1 fully saturated rings. The summed E-state index contributed by atoms with van der Waals surface area (Å²) in [6.45, 7) is 2.33. The predicted molar refractivity (Wildman–Crippen MR) is 69.8 cm³/mol. The zero-order chi connectivity index (χ0) is 13.0. The third-order valence-electron chi connectivity index (χ3n) is 3.21. The van der Waals surface area contributed by atoms with Gasteiger partial charge in [-0.25, -0.2) is 4.98 Å². The lowest BCUT2D eigenvalue weighted by Crippen LogP contribution is -2.34. The maximum atomic E-state index is 12.2. The van der Waals surface area contributed by atoms with Gasteiger partial charge in [-0.2, -0.15) is 0 Å². The summed E-state index contributed by atoms with van der Waals surface area (Å²) in [6, 6.07) is 3.43. The molecule has 1 aliphatic rings. The van der Waals surface area contributed by atoms with Crippen molar-refractivity contribution < 1.29 is 9.53 Å². The van der Waals surface area contributed by atoms with Crippen LogP contribution in [-0.4, -0.2) is 42.6 Å². The van der Waals surface area contributed by atoms with E-state index in [9.17, 15) is 4.79 Å². The molecule has 0 N–H and O–H groups in total. The van der Waals surface area contributed by atoms with Crippen molar-refractivity contribution in [1.82, 2.24) is 9.88 Å². The van der Waals surface area contributed by atoms with Gasteiger partial charge in [0.1, 0.15) is 5.15 Å². The van der Waals surface area contributed by atoms with E-state index in [4.69, 9.17) is 16.3 Å². The number of carbonyl (C=O) groups excluding carboxylic acids is 1. The second-order valence-corrected chi connectivity index (χ2v) is 4.94. The Labute approximate surface area is 112 Å². The summed E-state index contributed by atoms with van der Waals surface area (Å²) in [4.78, 5) is 17.9. The number of amides is 1. The topological polar surface area (TPSA) is 42.4 Å². The smallest absolute Gasteiger partial charge is 0.256 e. The van der Waals surface area contributed by atoms with Crippen molar-refractivity contribution >= 4 is 17.5 Å². The number of hydrogen-bond donors (Lipinski definition) is 0. The van der Waals surface area contributed by atoms with Crippen LogP contribution >= 0.6 is 11.6 Å². The molecule has 0 unspecified atom stereocenters. The van der Waals surface area contributed by atoms with Gasteiger partial charge < -0.3 is 9.64 Å². The zero-order valence-electron chi connectivity index (χ0n) is 10.4. The molecule has 1 saturated heterocycles. The van der Waals surface area contributed by atoms with Crippen LogP contribution in [0, 0.1) is 5.92 Å². The minimum Gasteiger partial charge on any atom is -0.381 e. The molecular weight excluding hydrogens is 252 g/mol. The van der Waals surface area contributed by atoms with E-state index in [0.717, 1.165) is 32.6 Å². The van der Waals surface area contributed by atoms with Crippen LogP contribution in [-0.2, 0) is 4.74 Å². The van der Waals surface area contributed by atoms with Gasteiger partial charge in [-0.3, -0.25) is 4.79 Å². The Balaban J connectivity index is 1.98. The molecule has 1 amide bonds. The predicted octanol–water partition coefficient (Wildman–Crippen LogP) is 2.23. The van der Waals surface area contributed by atoms with E-state index in [-0.39, 0.29) is 11.1 Å². The maximum Gasteiger partial charge on any atom is 0.256 e. The molecule has 2 rings (SSSR count). The molecule has 0 spiro atoms. The highest BCUT2D eigenvalue weighted by atomic mass is 35.5. The van der Waals surface area contributed by atoms with Gasteiger partial charge in [0.15, 0.2) is 0 Å². The minimum absolute atomic E-state index is 0.0698. The van der Waals surface area contributed by atoms with Crippen molar-refractivity contribution in [2.24, 2.45) is 5.92 Å². The molecule has 98 valence electrons. The highest BCUT2D eigenvalue weighted by Gasteiger charge is 2.20. The van der Waals surface area contributed by atoms with Crippen LogP contribution in [0.1, 0.15) is 23.2 Å². The standard InChI is InChI=1S/C13H17ClN2O2/c1-16(9-10-4-7-18-8-5-10)13(17)11-3-2-6-15-12(11)14/h2-3,6,10H,4-5,7-9H2,1H3. The van der Waals surface area contributed by atoms with Crippen molar-refractivity contribution in [3.05, 3.63) is 29.0 Å². The summed E-state index contributed by atoms with van der Waals surface area (Å²) in [5.41, 5.74) is 0.466. The van der Waals surface area contributed by atoms with Gasteiger partial charge in [-0.1, -0.05) is 11.6 Å². The average molecular weight is 269 g/mol. The van der Waals surface area contributed by atoms with Gasteiger partial charge in [0.2, 0.25) is 0 Å². The van der Waals surface area contributed by atoms with Gasteiger partial charge in [0.25, 0.3) is 5.91 Å². The summed E-state index contributed by atoms with van der Waals surface area (Å²) < 4.78 is 5.31. The van der Waals surface area contributed by atoms with Crippen LogP contribution < -0.4 is 0 Å². The zero-order valence-corrected chi connectivity index (χ0v) is 11.2. The summed E-state index contributed by atoms with van der Waals surface area (Å²) >= 11 is 5.93. The molecule has 1 aromatic heterocycles.